The molecule has 18 heavy (non-hydrogen) atoms. The normalized spacial score (nSPS) is 18.1. The minimum absolute atomic E-state index is 0.142. The second kappa shape index (κ2) is 5.54. The molecular formula is C11H10N2O4S. The first-order chi connectivity index (χ1) is 8.65. The molecule has 1 aromatic carbocycles. The van der Waals surface area contributed by atoms with Gasteiger partial charge in [0.15, 0.2) is 0 Å². The number of carbonyl (C=O) groups is 3. The summed E-state index contributed by atoms with van der Waals surface area (Å²) in [7, 11) is 0. The van der Waals surface area contributed by atoms with Crippen LogP contribution in [0.4, 0.5) is 15.3 Å². The third-order valence-corrected chi connectivity index (χ3v) is 3.04. The highest BCUT2D eigenvalue weighted by Crippen LogP contribution is 2.13. The molecular weight excluding hydrogens is 256 g/mol. The van der Waals surface area contributed by atoms with Crippen molar-refractivity contribution in [1.82, 2.24) is 5.32 Å². The van der Waals surface area contributed by atoms with Crippen LogP contribution in [-0.2, 0) is 9.53 Å². The molecule has 0 bridgehead atoms. The monoisotopic (exact) mass is 266 g/mol. The van der Waals surface area contributed by atoms with Gasteiger partial charge in [-0.1, -0.05) is 30.0 Å². The Morgan fingerprint density at radius 3 is 2.67 bits per heavy atom. The predicted molar refractivity (Wildman–Crippen MR) is 66.3 cm³/mol. The number of hydrogen-bond acceptors (Lipinski definition) is 5. The highest BCUT2D eigenvalue weighted by molar-refractivity contribution is 8.13. The summed E-state index contributed by atoms with van der Waals surface area (Å²) in [6, 6.07) is 8.19. The first-order valence-corrected chi connectivity index (χ1v) is 6.15. The summed E-state index contributed by atoms with van der Waals surface area (Å²) in [6.07, 6.45) is -0.769. The Balaban J connectivity index is 1.79. The van der Waals surface area contributed by atoms with Crippen molar-refractivity contribution in [2.24, 2.45) is 0 Å². The largest absolute Gasteiger partial charge is 0.415 e. The standard InChI is InChI=1S/C11H10N2O4S/c14-9-8(13-10(15)17-9)6-18-11(16)12-7-4-2-1-3-5-7/h1-5,8H,6H2,(H,12,16)(H,13,15)/t8-/m0/s1. The van der Waals surface area contributed by atoms with Crippen LogP contribution >= 0.6 is 11.8 Å². The number of esters is 1. The van der Waals surface area contributed by atoms with Crippen molar-refractivity contribution < 1.29 is 19.1 Å². The molecule has 1 aromatic rings. The molecule has 0 unspecified atom stereocenters. The molecule has 0 saturated carbocycles. The van der Waals surface area contributed by atoms with E-state index in [4.69, 9.17) is 0 Å². The van der Waals surface area contributed by atoms with Gasteiger partial charge in [-0.25, -0.2) is 9.59 Å². The molecule has 1 saturated heterocycles. The highest BCUT2D eigenvalue weighted by atomic mass is 32.2. The highest BCUT2D eigenvalue weighted by Gasteiger charge is 2.32. The van der Waals surface area contributed by atoms with E-state index in [1.807, 2.05) is 6.07 Å². The van der Waals surface area contributed by atoms with Crippen LogP contribution in [0, 0.1) is 0 Å². The van der Waals surface area contributed by atoms with Crippen LogP contribution in [-0.4, -0.2) is 29.1 Å². The molecule has 1 atom stereocenters. The van der Waals surface area contributed by atoms with Gasteiger partial charge in [-0.15, -0.1) is 0 Å². The minimum Gasteiger partial charge on any atom is -0.375 e. The maximum absolute atomic E-state index is 11.5. The lowest BCUT2D eigenvalue weighted by atomic mass is 10.3. The lowest BCUT2D eigenvalue weighted by Crippen LogP contribution is -2.31. The van der Waals surface area contributed by atoms with Crippen molar-refractivity contribution >= 4 is 34.8 Å². The minimum atomic E-state index is -0.769. The van der Waals surface area contributed by atoms with E-state index in [2.05, 4.69) is 15.4 Å². The molecule has 0 aromatic heterocycles. The van der Waals surface area contributed by atoms with E-state index in [-0.39, 0.29) is 11.0 Å². The second-order valence-electron chi connectivity index (χ2n) is 3.49. The lowest BCUT2D eigenvalue weighted by Gasteiger charge is -2.06. The van der Waals surface area contributed by atoms with E-state index in [1.54, 1.807) is 24.3 Å². The van der Waals surface area contributed by atoms with Crippen molar-refractivity contribution in [3.05, 3.63) is 30.3 Å². The first kappa shape index (κ1) is 12.4. The Hall–Kier alpha value is -2.02. The van der Waals surface area contributed by atoms with E-state index in [9.17, 15) is 14.4 Å². The van der Waals surface area contributed by atoms with Crippen LogP contribution in [0.5, 0.6) is 0 Å². The molecule has 1 fully saturated rings. The third kappa shape index (κ3) is 3.24. The molecule has 0 radical (unpaired) electrons. The average molecular weight is 266 g/mol. The summed E-state index contributed by atoms with van der Waals surface area (Å²) < 4.78 is 4.29. The van der Waals surface area contributed by atoms with Gasteiger partial charge in [0.25, 0.3) is 5.24 Å². The van der Waals surface area contributed by atoms with Gasteiger partial charge in [0.05, 0.1) is 0 Å². The summed E-state index contributed by atoms with van der Waals surface area (Å²) in [5.41, 5.74) is 0.674. The number of thioether (sulfide) groups is 1. The van der Waals surface area contributed by atoms with Gasteiger partial charge in [0, 0.05) is 11.4 Å². The molecule has 7 heteroatoms. The fourth-order valence-corrected chi connectivity index (χ4v) is 2.06. The molecule has 1 aliphatic heterocycles. The van der Waals surface area contributed by atoms with Crippen molar-refractivity contribution in [1.29, 1.82) is 0 Å². The van der Waals surface area contributed by atoms with Gasteiger partial charge in [0.1, 0.15) is 6.04 Å². The van der Waals surface area contributed by atoms with Gasteiger partial charge in [-0.3, -0.25) is 4.79 Å². The fourth-order valence-electron chi connectivity index (χ4n) is 1.34. The summed E-state index contributed by atoms with van der Waals surface area (Å²) in [5.74, 6) is -0.511. The van der Waals surface area contributed by atoms with Gasteiger partial charge < -0.3 is 15.4 Å². The molecule has 1 heterocycles. The molecule has 2 rings (SSSR count). The van der Waals surface area contributed by atoms with Crippen molar-refractivity contribution in [2.75, 3.05) is 11.1 Å². The number of ether oxygens (including phenoxy) is 1. The molecule has 2 amide bonds. The molecule has 2 N–H and O–H groups in total. The first-order valence-electron chi connectivity index (χ1n) is 5.16. The van der Waals surface area contributed by atoms with Gasteiger partial charge in [-0.2, -0.15) is 0 Å². The molecule has 6 nitrogen and oxygen atoms in total. The smallest absolute Gasteiger partial charge is 0.375 e. The topological polar surface area (TPSA) is 84.5 Å². The number of hydrogen-bond donors (Lipinski definition) is 2. The number of rotatable bonds is 3. The van der Waals surface area contributed by atoms with E-state index < -0.39 is 18.1 Å². The van der Waals surface area contributed by atoms with Gasteiger partial charge in [-0.05, 0) is 12.1 Å². The Morgan fingerprint density at radius 1 is 1.33 bits per heavy atom. The zero-order chi connectivity index (χ0) is 13.0. The number of amides is 2. The van der Waals surface area contributed by atoms with Crippen LogP contribution in [0.25, 0.3) is 0 Å². The van der Waals surface area contributed by atoms with E-state index in [0.717, 1.165) is 11.8 Å². The van der Waals surface area contributed by atoms with Crippen LogP contribution in [0.3, 0.4) is 0 Å². The van der Waals surface area contributed by atoms with E-state index in [1.165, 1.54) is 0 Å². The SMILES string of the molecule is O=C1N[C@@H](CSC(=O)Nc2ccccc2)C(=O)O1. The van der Waals surface area contributed by atoms with Gasteiger partial charge in [0.2, 0.25) is 0 Å². The summed E-state index contributed by atoms with van der Waals surface area (Å²) in [4.78, 5) is 33.4. The maximum atomic E-state index is 11.5. The number of alkyl carbamates (subject to hydrolysis) is 1. The van der Waals surface area contributed by atoms with Crippen LogP contribution < -0.4 is 10.6 Å². The van der Waals surface area contributed by atoms with Crippen LogP contribution in [0.15, 0.2) is 30.3 Å². The summed E-state index contributed by atoms with van der Waals surface area (Å²) in [6.45, 7) is 0. The molecule has 0 spiro atoms. The van der Waals surface area contributed by atoms with Crippen molar-refractivity contribution in [3.8, 4) is 0 Å². The zero-order valence-electron chi connectivity index (χ0n) is 9.21. The molecule has 1 aliphatic rings. The van der Waals surface area contributed by atoms with E-state index >= 15 is 0 Å². The fraction of sp³-hybridized carbons (Fsp3) is 0.182. The van der Waals surface area contributed by atoms with Crippen molar-refractivity contribution in [2.45, 2.75) is 6.04 Å². The summed E-state index contributed by atoms with van der Waals surface area (Å²) in [5, 5.41) is 4.67. The number of anilines is 1. The predicted octanol–water partition coefficient (Wildman–Crippen LogP) is 1.59. The van der Waals surface area contributed by atoms with E-state index in [0.29, 0.717) is 5.69 Å². The number of benzene rings is 1. The van der Waals surface area contributed by atoms with Crippen LogP contribution in [0.2, 0.25) is 0 Å². The molecule has 0 aliphatic carbocycles. The second-order valence-corrected chi connectivity index (χ2v) is 4.49. The lowest BCUT2D eigenvalue weighted by molar-refractivity contribution is -0.134. The quantitative estimate of drug-likeness (QED) is 0.641. The maximum Gasteiger partial charge on any atom is 0.415 e. The number of nitrogens with one attached hydrogen (secondary N) is 2. The third-order valence-electron chi connectivity index (χ3n) is 2.17. The van der Waals surface area contributed by atoms with Crippen LogP contribution in [0.1, 0.15) is 0 Å². The number of cyclic esters (lactones) is 2. The number of para-hydroxylation sites is 1. The van der Waals surface area contributed by atoms with Gasteiger partial charge >= 0.3 is 12.1 Å². The Bertz CT molecular complexity index is 477. The zero-order valence-corrected chi connectivity index (χ0v) is 10.0. The summed E-state index contributed by atoms with van der Waals surface area (Å²) >= 11 is 0.909. The Kier molecular flexibility index (Phi) is 3.83. The Morgan fingerprint density at radius 2 is 2.06 bits per heavy atom. The Labute approximate surface area is 107 Å². The number of carbonyl (C=O) groups excluding carboxylic acids is 3. The molecule has 94 valence electrons. The van der Waals surface area contributed by atoms with Crippen molar-refractivity contribution in [3.63, 3.8) is 0 Å². The average Bonchev–Trinajstić information content (AvgIpc) is 2.66.